The van der Waals surface area contributed by atoms with Gasteiger partial charge in [0.1, 0.15) is 5.75 Å². The van der Waals surface area contributed by atoms with Crippen LogP contribution in [0.5, 0.6) is 5.75 Å². The normalized spacial score (nSPS) is 11.9. The number of aryl methyl sites for hydroxylation is 4. The van der Waals surface area contributed by atoms with Gasteiger partial charge in [-0.25, -0.2) is 0 Å². The standard InChI is InChI=1S/C22H29NO2/c1-6-18-9-10-19(7-2)20(13-18)14-23-22(24)17(5)25-21-11-8-15(3)16(4)12-21/h8-13,17H,6-7,14H2,1-5H3,(H,23,24)/t17-/m1/s1. The van der Waals surface area contributed by atoms with Gasteiger partial charge in [0.25, 0.3) is 5.91 Å². The lowest BCUT2D eigenvalue weighted by molar-refractivity contribution is -0.127. The molecule has 0 aliphatic rings. The molecule has 25 heavy (non-hydrogen) atoms. The van der Waals surface area contributed by atoms with E-state index in [1.165, 1.54) is 22.3 Å². The molecular formula is C22H29NO2. The molecule has 134 valence electrons. The van der Waals surface area contributed by atoms with Crippen molar-refractivity contribution in [2.45, 2.75) is 60.1 Å². The maximum absolute atomic E-state index is 12.4. The SMILES string of the molecule is CCc1ccc(CC)c(CNC(=O)[C@@H](C)Oc2ccc(C)c(C)c2)c1. The summed E-state index contributed by atoms with van der Waals surface area (Å²) in [4.78, 5) is 12.4. The smallest absolute Gasteiger partial charge is 0.261 e. The van der Waals surface area contributed by atoms with Crippen molar-refractivity contribution in [1.29, 1.82) is 0 Å². The molecule has 3 heteroatoms. The number of amides is 1. The van der Waals surface area contributed by atoms with E-state index < -0.39 is 6.10 Å². The van der Waals surface area contributed by atoms with E-state index >= 15 is 0 Å². The summed E-state index contributed by atoms with van der Waals surface area (Å²) in [6, 6.07) is 12.4. The van der Waals surface area contributed by atoms with E-state index in [4.69, 9.17) is 4.74 Å². The maximum atomic E-state index is 12.4. The molecule has 1 atom stereocenters. The van der Waals surface area contributed by atoms with Gasteiger partial charge < -0.3 is 10.1 Å². The number of hydrogen-bond acceptors (Lipinski definition) is 2. The molecule has 0 aliphatic heterocycles. The Hall–Kier alpha value is -2.29. The minimum atomic E-state index is -0.526. The average molecular weight is 339 g/mol. The van der Waals surface area contributed by atoms with Crippen molar-refractivity contribution < 1.29 is 9.53 Å². The highest BCUT2D eigenvalue weighted by Gasteiger charge is 2.15. The van der Waals surface area contributed by atoms with E-state index in [0.717, 1.165) is 24.2 Å². The van der Waals surface area contributed by atoms with Gasteiger partial charge in [0.15, 0.2) is 6.10 Å². The van der Waals surface area contributed by atoms with Gasteiger partial charge in [0.05, 0.1) is 0 Å². The molecule has 1 amide bonds. The molecule has 2 aromatic carbocycles. The highest BCUT2D eigenvalue weighted by Crippen LogP contribution is 2.18. The van der Waals surface area contributed by atoms with Crippen molar-refractivity contribution in [2.24, 2.45) is 0 Å². The van der Waals surface area contributed by atoms with Crippen LogP contribution in [0.25, 0.3) is 0 Å². The quantitative estimate of drug-likeness (QED) is 0.806. The molecule has 0 bridgehead atoms. The molecule has 0 unspecified atom stereocenters. The Morgan fingerprint density at radius 1 is 1.00 bits per heavy atom. The predicted octanol–water partition coefficient (Wildman–Crippen LogP) is 4.51. The summed E-state index contributed by atoms with van der Waals surface area (Å²) in [5.74, 6) is 0.634. The first-order chi connectivity index (χ1) is 11.9. The first kappa shape index (κ1) is 19.0. The summed E-state index contributed by atoms with van der Waals surface area (Å²) < 4.78 is 5.79. The minimum absolute atomic E-state index is 0.0952. The Bertz CT molecular complexity index is 737. The van der Waals surface area contributed by atoms with Gasteiger partial charge in [-0.15, -0.1) is 0 Å². The van der Waals surface area contributed by atoms with Gasteiger partial charge >= 0.3 is 0 Å². The average Bonchev–Trinajstić information content (AvgIpc) is 2.62. The number of rotatable bonds is 7. The molecule has 0 aliphatic carbocycles. The molecule has 0 saturated heterocycles. The topological polar surface area (TPSA) is 38.3 Å². The third-order valence-corrected chi connectivity index (χ3v) is 4.67. The zero-order valence-corrected chi connectivity index (χ0v) is 16.0. The first-order valence-electron chi connectivity index (χ1n) is 9.06. The highest BCUT2D eigenvalue weighted by atomic mass is 16.5. The summed E-state index contributed by atoms with van der Waals surface area (Å²) in [6.45, 7) is 10.7. The predicted molar refractivity (Wildman–Crippen MR) is 103 cm³/mol. The van der Waals surface area contributed by atoms with Crippen molar-refractivity contribution in [1.82, 2.24) is 5.32 Å². The lowest BCUT2D eigenvalue weighted by Crippen LogP contribution is -2.36. The fourth-order valence-electron chi connectivity index (χ4n) is 2.78. The molecule has 0 saturated carbocycles. The second-order valence-corrected chi connectivity index (χ2v) is 6.53. The Kier molecular flexibility index (Phi) is 6.63. The van der Waals surface area contributed by atoms with Gasteiger partial charge in [0, 0.05) is 6.54 Å². The van der Waals surface area contributed by atoms with Crippen LogP contribution in [-0.4, -0.2) is 12.0 Å². The lowest BCUT2D eigenvalue weighted by atomic mass is 10.0. The molecule has 0 fully saturated rings. The Balaban J connectivity index is 1.98. The van der Waals surface area contributed by atoms with E-state index in [0.29, 0.717) is 6.54 Å². The Morgan fingerprint density at radius 2 is 1.76 bits per heavy atom. The number of carbonyl (C=O) groups excluding carboxylic acids is 1. The number of ether oxygens (including phenoxy) is 1. The van der Waals surface area contributed by atoms with Crippen LogP contribution in [0.2, 0.25) is 0 Å². The molecule has 0 spiro atoms. The van der Waals surface area contributed by atoms with Gasteiger partial charge in [-0.3, -0.25) is 4.79 Å². The van der Waals surface area contributed by atoms with E-state index in [1.54, 1.807) is 6.92 Å². The second kappa shape index (κ2) is 8.70. The zero-order valence-electron chi connectivity index (χ0n) is 16.0. The Labute approximate surface area is 151 Å². The molecule has 0 radical (unpaired) electrons. The molecule has 0 aromatic heterocycles. The van der Waals surface area contributed by atoms with Gasteiger partial charge in [-0.2, -0.15) is 0 Å². The fourth-order valence-corrected chi connectivity index (χ4v) is 2.78. The third kappa shape index (κ3) is 5.09. The minimum Gasteiger partial charge on any atom is -0.481 e. The van der Waals surface area contributed by atoms with Gasteiger partial charge in [0.2, 0.25) is 0 Å². The zero-order chi connectivity index (χ0) is 18.4. The fraction of sp³-hybridized carbons (Fsp3) is 0.409. The lowest BCUT2D eigenvalue weighted by Gasteiger charge is -2.17. The van der Waals surface area contributed by atoms with Crippen molar-refractivity contribution in [2.75, 3.05) is 0 Å². The second-order valence-electron chi connectivity index (χ2n) is 6.53. The first-order valence-corrected chi connectivity index (χ1v) is 9.06. The number of benzene rings is 2. The van der Waals surface area contributed by atoms with Crippen LogP contribution in [0.3, 0.4) is 0 Å². The van der Waals surface area contributed by atoms with E-state index in [2.05, 4.69) is 44.3 Å². The molecule has 0 heterocycles. The van der Waals surface area contributed by atoms with Crippen molar-refractivity contribution >= 4 is 5.91 Å². The monoisotopic (exact) mass is 339 g/mol. The van der Waals surface area contributed by atoms with E-state index in [-0.39, 0.29) is 5.91 Å². The molecule has 1 N–H and O–H groups in total. The maximum Gasteiger partial charge on any atom is 0.261 e. The molecule has 2 aromatic rings. The van der Waals surface area contributed by atoms with E-state index in [9.17, 15) is 4.79 Å². The van der Waals surface area contributed by atoms with E-state index in [1.807, 2.05) is 25.1 Å². The Morgan fingerprint density at radius 3 is 2.40 bits per heavy atom. The van der Waals surface area contributed by atoms with Crippen LogP contribution in [0, 0.1) is 13.8 Å². The summed E-state index contributed by atoms with van der Waals surface area (Å²) in [7, 11) is 0. The summed E-state index contributed by atoms with van der Waals surface area (Å²) in [5.41, 5.74) is 6.14. The molecule has 2 rings (SSSR count). The van der Waals surface area contributed by atoms with Crippen LogP contribution < -0.4 is 10.1 Å². The third-order valence-electron chi connectivity index (χ3n) is 4.67. The van der Waals surface area contributed by atoms with Gasteiger partial charge in [-0.05, 0) is 73.6 Å². The van der Waals surface area contributed by atoms with Crippen molar-refractivity contribution in [3.63, 3.8) is 0 Å². The van der Waals surface area contributed by atoms with Crippen LogP contribution >= 0.6 is 0 Å². The highest BCUT2D eigenvalue weighted by molar-refractivity contribution is 5.80. The van der Waals surface area contributed by atoms with Gasteiger partial charge in [-0.1, -0.05) is 38.1 Å². The van der Waals surface area contributed by atoms with Crippen molar-refractivity contribution in [3.05, 3.63) is 64.2 Å². The number of carbonyl (C=O) groups is 1. The summed E-state index contributed by atoms with van der Waals surface area (Å²) in [6.07, 6.45) is 1.43. The van der Waals surface area contributed by atoms with Crippen LogP contribution in [0.1, 0.15) is 48.6 Å². The summed E-state index contributed by atoms with van der Waals surface area (Å²) >= 11 is 0. The largest absolute Gasteiger partial charge is 0.481 e. The molecule has 3 nitrogen and oxygen atoms in total. The molecular weight excluding hydrogens is 310 g/mol. The number of hydrogen-bond donors (Lipinski definition) is 1. The van der Waals surface area contributed by atoms with Crippen LogP contribution in [0.4, 0.5) is 0 Å². The van der Waals surface area contributed by atoms with Crippen LogP contribution in [0.15, 0.2) is 36.4 Å². The van der Waals surface area contributed by atoms with Crippen LogP contribution in [-0.2, 0) is 24.2 Å². The summed E-state index contributed by atoms with van der Waals surface area (Å²) in [5, 5.41) is 3.01. The number of nitrogens with one attached hydrogen (secondary N) is 1. The van der Waals surface area contributed by atoms with Crippen molar-refractivity contribution in [3.8, 4) is 5.75 Å².